The summed E-state index contributed by atoms with van der Waals surface area (Å²) in [6.45, 7) is 5.54. The van der Waals surface area contributed by atoms with Crippen molar-refractivity contribution in [3.63, 3.8) is 0 Å². The fourth-order valence-electron chi connectivity index (χ4n) is 2.58. The molecule has 1 aliphatic carbocycles. The van der Waals surface area contributed by atoms with E-state index in [0.29, 0.717) is 5.92 Å². The number of aliphatic imine (C=N–C) groups is 1. The zero-order chi connectivity index (χ0) is 12.5. The molecule has 0 amide bonds. The standard InChI is InChI=1S/C15H30N2/c1-13(2)9-5-3-4-8-12-17-15(16)14-10-6-7-11-14/h13-14H,3-12H2,1-2H3,(H2,16,17). The van der Waals surface area contributed by atoms with Crippen LogP contribution in [0.3, 0.4) is 0 Å². The lowest BCUT2D eigenvalue weighted by atomic mass is 10.0. The van der Waals surface area contributed by atoms with Crippen LogP contribution in [0.2, 0.25) is 0 Å². The fraction of sp³-hybridized carbons (Fsp3) is 0.933. The Morgan fingerprint density at radius 3 is 2.41 bits per heavy atom. The maximum Gasteiger partial charge on any atom is 0.0968 e. The smallest absolute Gasteiger partial charge is 0.0968 e. The van der Waals surface area contributed by atoms with Gasteiger partial charge in [0.1, 0.15) is 0 Å². The molecule has 2 heteroatoms. The minimum Gasteiger partial charge on any atom is -0.387 e. The van der Waals surface area contributed by atoms with Crippen LogP contribution in [0.15, 0.2) is 4.99 Å². The Balaban J connectivity index is 1.97. The van der Waals surface area contributed by atoms with E-state index < -0.39 is 0 Å². The molecule has 0 spiro atoms. The molecule has 1 saturated carbocycles. The first-order valence-corrected chi connectivity index (χ1v) is 7.50. The number of hydrogen-bond donors (Lipinski definition) is 1. The lowest BCUT2D eigenvalue weighted by molar-refractivity contribution is 0.521. The summed E-state index contributed by atoms with van der Waals surface area (Å²) in [7, 11) is 0. The minimum atomic E-state index is 0.607. The largest absolute Gasteiger partial charge is 0.387 e. The molecule has 2 N–H and O–H groups in total. The molecule has 0 bridgehead atoms. The number of unbranched alkanes of at least 4 members (excludes halogenated alkanes) is 3. The summed E-state index contributed by atoms with van der Waals surface area (Å²) < 4.78 is 0. The first-order valence-electron chi connectivity index (χ1n) is 7.50. The summed E-state index contributed by atoms with van der Waals surface area (Å²) in [6, 6.07) is 0. The van der Waals surface area contributed by atoms with Crippen LogP contribution in [0, 0.1) is 11.8 Å². The van der Waals surface area contributed by atoms with E-state index in [-0.39, 0.29) is 0 Å². The van der Waals surface area contributed by atoms with Gasteiger partial charge in [0, 0.05) is 12.5 Å². The topological polar surface area (TPSA) is 38.4 Å². The van der Waals surface area contributed by atoms with Crippen LogP contribution in [-0.4, -0.2) is 12.4 Å². The molecule has 1 aliphatic rings. The second kappa shape index (κ2) is 8.54. The predicted octanol–water partition coefficient (Wildman–Crippen LogP) is 4.14. The van der Waals surface area contributed by atoms with Crippen LogP contribution in [0.1, 0.15) is 71.6 Å². The molecular weight excluding hydrogens is 208 g/mol. The highest BCUT2D eigenvalue weighted by molar-refractivity contribution is 5.83. The fourth-order valence-corrected chi connectivity index (χ4v) is 2.58. The van der Waals surface area contributed by atoms with Crippen molar-refractivity contribution in [1.82, 2.24) is 0 Å². The van der Waals surface area contributed by atoms with Crippen LogP contribution in [-0.2, 0) is 0 Å². The molecule has 0 aromatic carbocycles. The van der Waals surface area contributed by atoms with E-state index in [0.717, 1.165) is 18.3 Å². The Morgan fingerprint density at radius 1 is 1.12 bits per heavy atom. The number of rotatable bonds is 8. The first kappa shape index (κ1) is 14.5. The molecule has 0 aromatic rings. The summed E-state index contributed by atoms with van der Waals surface area (Å²) in [6.07, 6.45) is 11.9. The van der Waals surface area contributed by atoms with Gasteiger partial charge in [0.05, 0.1) is 5.84 Å². The van der Waals surface area contributed by atoms with Crippen LogP contribution in [0.25, 0.3) is 0 Å². The van der Waals surface area contributed by atoms with E-state index in [1.165, 1.54) is 57.8 Å². The summed E-state index contributed by atoms with van der Waals surface area (Å²) >= 11 is 0. The van der Waals surface area contributed by atoms with E-state index in [9.17, 15) is 0 Å². The molecule has 1 fully saturated rings. The molecule has 1 rings (SSSR count). The van der Waals surface area contributed by atoms with Gasteiger partial charge in [-0.2, -0.15) is 0 Å². The van der Waals surface area contributed by atoms with Crippen molar-refractivity contribution in [2.45, 2.75) is 71.6 Å². The van der Waals surface area contributed by atoms with Crippen LogP contribution >= 0.6 is 0 Å². The molecule has 100 valence electrons. The Hall–Kier alpha value is -0.530. The summed E-state index contributed by atoms with van der Waals surface area (Å²) in [4.78, 5) is 4.53. The SMILES string of the molecule is CC(C)CCCCCCN=C(N)C1CCCC1. The van der Waals surface area contributed by atoms with Crippen molar-refractivity contribution >= 4 is 5.84 Å². The van der Waals surface area contributed by atoms with Crippen molar-refractivity contribution in [1.29, 1.82) is 0 Å². The van der Waals surface area contributed by atoms with Gasteiger partial charge in [-0.05, 0) is 25.2 Å². The van der Waals surface area contributed by atoms with Gasteiger partial charge in [0.15, 0.2) is 0 Å². The molecule has 0 atom stereocenters. The molecule has 0 radical (unpaired) electrons. The van der Waals surface area contributed by atoms with Crippen molar-refractivity contribution < 1.29 is 0 Å². The molecule has 0 unspecified atom stereocenters. The highest BCUT2D eigenvalue weighted by Crippen LogP contribution is 2.24. The Kier molecular flexibility index (Phi) is 7.30. The third-order valence-electron chi connectivity index (χ3n) is 3.76. The van der Waals surface area contributed by atoms with Crippen LogP contribution < -0.4 is 5.73 Å². The first-order chi connectivity index (χ1) is 8.20. The van der Waals surface area contributed by atoms with E-state index in [1.54, 1.807) is 0 Å². The molecule has 17 heavy (non-hydrogen) atoms. The van der Waals surface area contributed by atoms with Crippen LogP contribution in [0.5, 0.6) is 0 Å². The van der Waals surface area contributed by atoms with Gasteiger partial charge >= 0.3 is 0 Å². The minimum absolute atomic E-state index is 0.607. The lowest BCUT2D eigenvalue weighted by Gasteiger charge is -2.08. The van der Waals surface area contributed by atoms with Crippen molar-refractivity contribution in [2.75, 3.05) is 6.54 Å². The second-order valence-corrected chi connectivity index (χ2v) is 5.88. The summed E-state index contributed by atoms with van der Waals surface area (Å²) in [5.41, 5.74) is 6.01. The van der Waals surface area contributed by atoms with Gasteiger partial charge in [0.2, 0.25) is 0 Å². The maximum atomic E-state index is 6.01. The third-order valence-corrected chi connectivity index (χ3v) is 3.76. The van der Waals surface area contributed by atoms with E-state index in [4.69, 9.17) is 5.73 Å². The average Bonchev–Trinajstić information content (AvgIpc) is 2.80. The zero-order valence-corrected chi connectivity index (χ0v) is 11.8. The molecule has 2 nitrogen and oxygen atoms in total. The number of amidine groups is 1. The Morgan fingerprint density at radius 2 is 1.76 bits per heavy atom. The number of nitrogens with zero attached hydrogens (tertiary/aromatic N) is 1. The molecular formula is C15H30N2. The van der Waals surface area contributed by atoms with Gasteiger partial charge < -0.3 is 5.73 Å². The average molecular weight is 238 g/mol. The third kappa shape index (κ3) is 6.70. The van der Waals surface area contributed by atoms with E-state index in [2.05, 4.69) is 18.8 Å². The van der Waals surface area contributed by atoms with Crippen molar-refractivity contribution in [3.8, 4) is 0 Å². The van der Waals surface area contributed by atoms with Crippen molar-refractivity contribution in [2.24, 2.45) is 22.6 Å². The Bertz CT molecular complexity index is 215. The lowest BCUT2D eigenvalue weighted by Crippen LogP contribution is -2.21. The zero-order valence-electron chi connectivity index (χ0n) is 11.8. The summed E-state index contributed by atoms with van der Waals surface area (Å²) in [5, 5.41) is 0. The number of nitrogens with two attached hydrogens (primary N) is 1. The van der Waals surface area contributed by atoms with Gasteiger partial charge in [-0.3, -0.25) is 4.99 Å². The highest BCUT2D eigenvalue weighted by Gasteiger charge is 2.17. The molecule has 0 aliphatic heterocycles. The van der Waals surface area contributed by atoms with Gasteiger partial charge in [-0.25, -0.2) is 0 Å². The van der Waals surface area contributed by atoms with Crippen LogP contribution in [0.4, 0.5) is 0 Å². The number of hydrogen-bond acceptors (Lipinski definition) is 1. The monoisotopic (exact) mass is 238 g/mol. The molecule has 0 saturated heterocycles. The van der Waals surface area contributed by atoms with Gasteiger partial charge in [0.25, 0.3) is 0 Å². The second-order valence-electron chi connectivity index (χ2n) is 5.88. The Labute approximate surface area is 107 Å². The van der Waals surface area contributed by atoms with E-state index in [1.807, 2.05) is 0 Å². The van der Waals surface area contributed by atoms with Gasteiger partial charge in [-0.15, -0.1) is 0 Å². The van der Waals surface area contributed by atoms with E-state index >= 15 is 0 Å². The highest BCUT2D eigenvalue weighted by atomic mass is 14.9. The molecule has 0 heterocycles. The normalized spacial score (nSPS) is 18.2. The van der Waals surface area contributed by atoms with Crippen molar-refractivity contribution in [3.05, 3.63) is 0 Å². The summed E-state index contributed by atoms with van der Waals surface area (Å²) in [5.74, 6) is 2.40. The van der Waals surface area contributed by atoms with Gasteiger partial charge in [-0.1, -0.05) is 52.4 Å². The quantitative estimate of drug-likeness (QED) is 0.385. The predicted molar refractivity (Wildman–Crippen MR) is 76.4 cm³/mol. The molecule has 0 aromatic heterocycles. The maximum absolute atomic E-state index is 6.01.